The van der Waals surface area contributed by atoms with Crippen LogP contribution in [-0.2, 0) is 4.79 Å². The zero-order valence-electron chi connectivity index (χ0n) is 17.9. The first kappa shape index (κ1) is 22.6. The molecule has 1 aromatic carbocycles. The van der Waals surface area contributed by atoms with Crippen LogP contribution < -0.4 is 10.2 Å². The Bertz CT molecular complexity index is 822. The lowest BCUT2D eigenvalue weighted by atomic mass is 10.0. The van der Waals surface area contributed by atoms with Gasteiger partial charge in [0.25, 0.3) is 0 Å². The largest absolute Gasteiger partial charge is 0.355 e. The van der Waals surface area contributed by atoms with E-state index in [0.717, 1.165) is 57.1 Å². The molecular formula is C23H33N5O. The van der Waals surface area contributed by atoms with Gasteiger partial charge in [0.05, 0.1) is 17.1 Å². The lowest BCUT2D eigenvalue weighted by Crippen LogP contribution is -2.33. The van der Waals surface area contributed by atoms with Crippen LogP contribution in [-0.4, -0.2) is 35.5 Å². The highest BCUT2D eigenvalue weighted by Crippen LogP contribution is 2.28. The van der Waals surface area contributed by atoms with E-state index in [-0.39, 0.29) is 5.91 Å². The minimum Gasteiger partial charge on any atom is -0.355 e. The van der Waals surface area contributed by atoms with E-state index in [1.807, 2.05) is 24.3 Å². The Kier molecular flexibility index (Phi) is 9.36. The van der Waals surface area contributed by atoms with Crippen molar-refractivity contribution in [1.29, 1.82) is 5.26 Å². The summed E-state index contributed by atoms with van der Waals surface area (Å²) in [6, 6.07) is 9.81. The predicted octanol–water partition coefficient (Wildman–Crippen LogP) is 4.56. The van der Waals surface area contributed by atoms with Crippen LogP contribution in [0.2, 0.25) is 0 Å². The number of benzene rings is 1. The molecular weight excluding hydrogens is 362 g/mol. The maximum Gasteiger partial charge on any atom is 0.243 e. The Morgan fingerprint density at radius 1 is 1.03 bits per heavy atom. The number of nitriles is 1. The van der Waals surface area contributed by atoms with Crippen molar-refractivity contribution in [3.05, 3.63) is 30.0 Å². The minimum absolute atomic E-state index is 0.294. The van der Waals surface area contributed by atoms with Gasteiger partial charge in [-0.15, -0.1) is 0 Å². The van der Waals surface area contributed by atoms with E-state index in [1.165, 1.54) is 0 Å². The van der Waals surface area contributed by atoms with Crippen LogP contribution in [0.5, 0.6) is 0 Å². The molecule has 6 nitrogen and oxygen atoms in total. The molecule has 0 fully saturated rings. The summed E-state index contributed by atoms with van der Waals surface area (Å²) in [5.74, 6) is -0.592. The highest BCUT2D eigenvalue weighted by Gasteiger charge is 2.28. The number of carbonyl (C=O) groups is 1. The Morgan fingerprint density at radius 3 is 2.17 bits per heavy atom. The van der Waals surface area contributed by atoms with Crippen LogP contribution in [0, 0.1) is 11.3 Å². The number of hydrogen-bond donors (Lipinski definition) is 1. The molecule has 0 unspecified atom stereocenters. The van der Waals surface area contributed by atoms with Crippen molar-refractivity contribution in [1.82, 2.24) is 15.3 Å². The van der Waals surface area contributed by atoms with Gasteiger partial charge in [-0.05, 0) is 31.4 Å². The SMILES string of the molecule is CCCCNC(=O)[C@H](C#N)c1nc2ccccc2nc1N(CCCC)CCCC. The zero-order chi connectivity index (χ0) is 21.1. The summed E-state index contributed by atoms with van der Waals surface area (Å²) in [5.41, 5.74) is 1.96. The van der Waals surface area contributed by atoms with Crippen LogP contribution in [0.25, 0.3) is 11.0 Å². The van der Waals surface area contributed by atoms with Crippen molar-refractivity contribution >= 4 is 22.8 Å². The quantitative estimate of drug-likeness (QED) is 0.533. The molecule has 0 spiro atoms. The Hall–Kier alpha value is -2.68. The maximum absolute atomic E-state index is 12.8. The summed E-state index contributed by atoms with van der Waals surface area (Å²) >= 11 is 0. The molecule has 1 aromatic heterocycles. The summed E-state index contributed by atoms with van der Waals surface area (Å²) in [6.45, 7) is 8.63. The van der Waals surface area contributed by atoms with E-state index in [4.69, 9.17) is 9.97 Å². The third kappa shape index (κ3) is 6.15. The fourth-order valence-electron chi connectivity index (χ4n) is 3.19. The molecule has 2 rings (SSSR count). The number of unbranched alkanes of at least 4 members (excludes halogenated alkanes) is 3. The molecule has 0 aliphatic rings. The van der Waals surface area contributed by atoms with Gasteiger partial charge in [0.15, 0.2) is 11.7 Å². The van der Waals surface area contributed by atoms with Gasteiger partial charge in [0.1, 0.15) is 5.69 Å². The first-order valence-electron chi connectivity index (χ1n) is 10.8. The second-order valence-electron chi connectivity index (χ2n) is 7.32. The molecule has 156 valence electrons. The third-order valence-electron chi connectivity index (χ3n) is 4.94. The van der Waals surface area contributed by atoms with Crippen LogP contribution in [0.3, 0.4) is 0 Å². The molecule has 6 heteroatoms. The molecule has 0 aliphatic heterocycles. The summed E-state index contributed by atoms with van der Waals surface area (Å²) in [5, 5.41) is 12.7. The van der Waals surface area contributed by atoms with Crippen LogP contribution in [0.15, 0.2) is 24.3 Å². The molecule has 0 bridgehead atoms. The number of aromatic nitrogens is 2. The second kappa shape index (κ2) is 12.0. The first-order chi connectivity index (χ1) is 14.2. The van der Waals surface area contributed by atoms with Crippen LogP contribution in [0.1, 0.15) is 70.9 Å². The number of para-hydroxylation sites is 2. The van der Waals surface area contributed by atoms with E-state index in [9.17, 15) is 10.1 Å². The number of amides is 1. The molecule has 2 aromatic rings. The average Bonchev–Trinajstić information content (AvgIpc) is 2.74. The number of rotatable bonds is 12. The molecule has 1 N–H and O–H groups in total. The first-order valence-corrected chi connectivity index (χ1v) is 10.8. The maximum atomic E-state index is 12.8. The second-order valence-corrected chi connectivity index (χ2v) is 7.32. The number of nitrogens with one attached hydrogen (secondary N) is 1. The predicted molar refractivity (Wildman–Crippen MR) is 118 cm³/mol. The van der Waals surface area contributed by atoms with Crippen molar-refractivity contribution in [3.8, 4) is 6.07 Å². The summed E-state index contributed by atoms with van der Waals surface area (Å²) in [7, 11) is 0. The van der Waals surface area contributed by atoms with Crippen molar-refractivity contribution in [3.63, 3.8) is 0 Å². The number of hydrogen-bond acceptors (Lipinski definition) is 5. The lowest BCUT2D eigenvalue weighted by molar-refractivity contribution is -0.121. The normalized spacial score (nSPS) is 11.8. The number of carbonyl (C=O) groups excluding carboxylic acids is 1. The molecule has 1 amide bonds. The fourth-order valence-corrected chi connectivity index (χ4v) is 3.19. The molecule has 0 saturated carbocycles. The van der Waals surface area contributed by atoms with Gasteiger partial charge in [0, 0.05) is 19.6 Å². The topological polar surface area (TPSA) is 81.9 Å². The van der Waals surface area contributed by atoms with Crippen molar-refractivity contribution in [2.75, 3.05) is 24.5 Å². The summed E-state index contributed by atoms with van der Waals surface area (Å²) < 4.78 is 0. The molecule has 1 heterocycles. The van der Waals surface area contributed by atoms with Crippen LogP contribution >= 0.6 is 0 Å². The van der Waals surface area contributed by atoms with Gasteiger partial charge in [-0.3, -0.25) is 4.79 Å². The van der Waals surface area contributed by atoms with Crippen molar-refractivity contribution in [2.24, 2.45) is 0 Å². The monoisotopic (exact) mass is 395 g/mol. The van der Waals surface area contributed by atoms with Crippen molar-refractivity contribution in [2.45, 2.75) is 65.2 Å². The van der Waals surface area contributed by atoms with Gasteiger partial charge < -0.3 is 10.2 Å². The Labute approximate surface area is 174 Å². The van der Waals surface area contributed by atoms with Gasteiger partial charge in [0.2, 0.25) is 5.91 Å². The van der Waals surface area contributed by atoms with Crippen LogP contribution in [0.4, 0.5) is 5.82 Å². The van der Waals surface area contributed by atoms with Gasteiger partial charge >= 0.3 is 0 Å². The minimum atomic E-state index is -0.968. The molecule has 29 heavy (non-hydrogen) atoms. The smallest absolute Gasteiger partial charge is 0.243 e. The highest BCUT2D eigenvalue weighted by atomic mass is 16.1. The molecule has 0 radical (unpaired) electrons. The summed E-state index contributed by atoms with van der Waals surface area (Å²) in [6.07, 6.45) is 6.06. The van der Waals surface area contributed by atoms with Gasteiger partial charge in [-0.25, -0.2) is 9.97 Å². The van der Waals surface area contributed by atoms with E-state index in [1.54, 1.807) is 0 Å². The molecule has 0 aliphatic carbocycles. The summed E-state index contributed by atoms with van der Waals surface area (Å²) in [4.78, 5) is 24.6. The molecule has 0 saturated heterocycles. The number of anilines is 1. The van der Waals surface area contributed by atoms with E-state index < -0.39 is 5.92 Å². The van der Waals surface area contributed by atoms with E-state index in [2.05, 4.69) is 37.1 Å². The van der Waals surface area contributed by atoms with Crippen molar-refractivity contribution < 1.29 is 4.79 Å². The number of nitrogens with zero attached hydrogens (tertiary/aromatic N) is 4. The van der Waals surface area contributed by atoms with E-state index in [0.29, 0.717) is 23.6 Å². The van der Waals surface area contributed by atoms with Gasteiger partial charge in [-0.2, -0.15) is 5.26 Å². The zero-order valence-corrected chi connectivity index (χ0v) is 17.9. The average molecular weight is 396 g/mol. The Morgan fingerprint density at radius 2 is 1.62 bits per heavy atom. The number of fused-ring (bicyclic) bond motifs is 1. The third-order valence-corrected chi connectivity index (χ3v) is 4.94. The standard InChI is InChI=1S/C23H33N5O/c1-4-7-14-25-23(29)18(17-24)21-22(28(15-8-5-2)16-9-6-3)27-20-13-11-10-12-19(20)26-21/h10-13,18H,4-9,14-16H2,1-3H3,(H,25,29)/t18-/m1/s1. The lowest BCUT2D eigenvalue weighted by Gasteiger charge is -2.26. The van der Waals surface area contributed by atoms with Gasteiger partial charge in [-0.1, -0.05) is 52.2 Å². The van der Waals surface area contributed by atoms with E-state index >= 15 is 0 Å². The fraction of sp³-hybridized carbons (Fsp3) is 0.565. The molecule has 1 atom stereocenters. The Balaban J connectivity index is 2.50. The highest BCUT2D eigenvalue weighted by molar-refractivity contribution is 5.88.